The molecule has 2 fully saturated rings. The number of thiophene rings is 1. The molecule has 20 heavy (non-hydrogen) atoms. The van der Waals surface area contributed by atoms with E-state index in [1.54, 1.807) is 6.07 Å². The molecular formula is C14H20Cl2N2OS. The fourth-order valence-corrected chi connectivity index (χ4v) is 4.21. The van der Waals surface area contributed by atoms with Gasteiger partial charge in [-0.15, -0.1) is 23.7 Å². The van der Waals surface area contributed by atoms with Crippen molar-refractivity contribution in [2.24, 2.45) is 5.92 Å². The smallest absolute Gasteiger partial charge is 0.263 e. The van der Waals surface area contributed by atoms with Crippen molar-refractivity contribution in [1.29, 1.82) is 0 Å². The molecule has 1 amide bonds. The van der Waals surface area contributed by atoms with E-state index in [-0.39, 0.29) is 18.3 Å². The Bertz CT molecular complexity index is 452. The van der Waals surface area contributed by atoms with Crippen LogP contribution in [-0.4, -0.2) is 36.5 Å². The average Bonchev–Trinajstić information content (AvgIpc) is 3.09. The Morgan fingerprint density at radius 3 is 2.60 bits per heavy atom. The van der Waals surface area contributed by atoms with Crippen LogP contribution in [0.25, 0.3) is 0 Å². The minimum atomic E-state index is 0. The zero-order valence-electron chi connectivity index (χ0n) is 11.3. The van der Waals surface area contributed by atoms with Crippen molar-refractivity contribution in [3.63, 3.8) is 0 Å². The third kappa shape index (κ3) is 3.48. The lowest BCUT2D eigenvalue weighted by Gasteiger charge is -2.34. The summed E-state index contributed by atoms with van der Waals surface area (Å²) in [6.07, 6.45) is 4.86. The Morgan fingerprint density at radius 1 is 1.30 bits per heavy atom. The number of carbonyl (C=O) groups excluding carboxylic acids is 1. The first-order valence-corrected chi connectivity index (χ1v) is 8.21. The van der Waals surface area contributed by atoms with E-state index in [0.717, 1.165) is 43.3 Å². The number of likely N-dealkylation sites (tertiary alicyclic amines) is 1. The number of carbonyl (C=O) groups is 1. The topological polar surface area (TPSA) is 32.3 Å². The first-order valence-electron chi connectivity index (χ1n) is 7.02. The van der Waals surface area contributed by atoms with Gasteiger partial charge in [0.05, 0.1) is 9.21 Å². The molecule has 1 unspecified atom stereocenters. The van der Waals surface area contributed by atoms with E-state index in [1.165, 1.54) is 24.2 Å². The first-order chi connectivity index (χ1) is 9.24. The van der Waals surface area contributed by atoms with Gasteiger partial charge in [-0.3, -0.25) is 4.79 Å². The summed E-state index contributed by atoms with van der Waals surface area (Å²) in [6, 6.07) is 4.32. The molecule has 1 N–H and O–H groups in total. The Kier molecular flexibility index (Phi) is 5.73. The number of amides is 1. The highest BCUT2D eigenvalue weighted by Crippen LogP contribution is 2.28. The molecule has 6 heteroatoms. The van der Waals surface area contributed by atoms with Gasteiger partial charge in [0.1, 0.15) is 0 Å². The summed E-state index contributed by atoms with van der Waals surface area (Å²) in [5.74, 6) is 0.896. The summed E-state index contributed by atoms with van der Waals surface area (Å²) in [7, 11) is 0. The fourth-order valence-electron chi connectivity index (χ4n) is 3.20. The lowest BCUT2D eigenvalue weighted by molar-refractivity contribution is 0.0679. The molecule has 2 aliphatic heterocycles. The first kappa shape index (κ1) is 16.1. The monoisotopic (exact) mass is 334 g/mol. The highest BCUT2D eigenvalue weighted by atomic mass is 35.5. The average molecular weight is 335 g/mol. The molecule has 2 aliphatic rings. The molecular weight excluding hydrogens is 315 g/mol. The highest BCUT2D eigenvalue weighted by molar-refractivity contribution is 7.17. The molecule has 1 aromatic rings. The van der Waals surface area contributed by atoms with E-state index in [4.69, 9.17) is 11.6 Å². The van der Waals surface area contributed by atoms with Crippen molar-refractivity contribution in [3.8, 4) is 0 Å². The van der Waals surface area contributed by atoms with Crippen LogP contribution in [-0.2, 0) is 0 Å². The van der Waals surface area contributed by atoms with Gasteiger partial charge >= 0.3 is 0 Å². The maximum absolute atomic E-state index is 12.3. The predicted molar refractivity (Wildman–Crippen MR) is 86.2 cm³/mol. The molecule has 0 saturated carbocycles. The van der Waals surface area contributed by atoms with Crippen LogP contribution >= 0.6 is 35.3 Å². The predicted octanol–water partition coefficient (Wildman–Crippen LogP) is 3.43. The van der Waals surface area contributed by atoms with Crippen molar-refractivity contribution >= 4 is 41.3 Å². The van der Waals surface area contributed by atoms with Crippen molar-refractivity contribution < 1.29 is 4.79 Å². The van der Waals surface area contributed by atoms with Crippen LogP contribution in [0.5, 0.6) is 0 Å². The fraction of sp³-hybridized carbons (Fsp3) is 0.643. The molecule has 3 nitrogen and oxygen atoms in total. The third-order valence-electron chi connectivity index (χ3n) is 4.28. The second kappa shape index (κ2) is 7.12. The zero-order valence-corrected chi connectivity index (χ0v) is 13.7. The van der Waals surface area contributed by atoms with Crippen molar-refractivity contribution in [1.82, 2.24) is 10.2 Å². The van der Waals surface area contributed by atoms with Gasteiger partial charge in [-0.05, 0) is 50.3 Å². The number of hydrogen-bond donors (Lipinski definition) is 1. The van der Waals surface area contributed by atoms with Crippen molar-refractivity contribution in [2.75, 3.05) is 19.6 Å². The zero-order chi connectivity index (χ0) is 13.2. The van der Waals surface area contributed by atoms with Gasteiger partial charge < -0.3 is 10.2 Å². The molecule has 1 atom stereocenters. The molecule has 0 spiro atoms. The van der Waals surface area contributed by atoms with Crippen LogP contribution in [0.15, 0.2) is 12.1 Å². The second-order valence-corrected chi connectivity index (χ2v) is 7.15. The minimum absolute atomic E-state index is 0. The number of piperidine rings is 1. The quantitative estimate of drug-likeness (QED) is 0.898. The summed E-state index contributed by atoms with van der Waals surface area (Å²) in [6.45, 7) is 2.94. The molecule has 1 aromatic heterocycles. The largest absolute Gasteiger partial charge is 0.338 e. The van der Waals surface area contributed by atoms with Gasteiger partial charge in [0.2, 0.25) is 0 Å². The van der Waals surface area contributed by atoms with Crippen molar-refractivity contribution in [2.45, 2.75) is 31.7 Å². The van der Waals surface area contributed by atoms with E-state index in [1.807, 2.05) is 11.0 Å². The van der Waals surface area contributed by atoms with Gasteiger partial charge in [0.25, 0.3) is 5.91 Å². The second-order valence-electron chi connectivity index (χ2n) is 5.44. The molecule has 0 aliphatic carbocycles. The summed E-state index contributed by atoms with van der Waals surface area (Å²) < 4.78 is 0.688. The molecule has 3 rings (SSSR count). The summed E-state index contributed by atoms with van der Waals surface area (Å²) >= 11 is 7.27. The maximum atomic E-state index is 12.3. The Morgan fingerprint density at radius 2 is 2.05 bits per heavy atom. The maximum Gasteiger partial charge on any atom is 0.263 e. The number of hydrogen-bond acceptors (Lipinski definition) is 3. The summed E-state index contributed by atoms with van der Waals surface area (Å²) in [4.78, 5) is 15.0. The van der Waals surface area contributed by atoms with E-state index >= 15 is 0 Å². The van der Waals surface area contributed by atoms with Crippen LogP contribution in [0.4, 0.5) is 0 Å². The summed E-state index contributed by atoms with van der Waals surface area (Å²) in [5.41, 5.74) is 0. The van der Waals surface area contributed by atoms with Crippen LogP contribution in [0.2, 0.25) is 4.34 Å². The van der Waals surface area contributed by atoms with Gasteiger partial charge in [0.15, 0.2) is 0 Å². The number of halogens is 2. The standard InChI is InChI=1S/C14H19ClN2OS.ClH/c15-13-4-3-12(19-13)14(18)17-8-5-10(6-9-17)11-2-1-7-16-11;/h3-4,10-11,16H,1-2,5-9H2;1H. The van der Waals surface area contributed by atoms with Crippen molar-refractivity contribution in [3.05, 3.63) is 21.3 Å². The van der Waals surface area contributed by atoms with Gasteiger partial charge in [-0.1, -0.05) is 11.6 Å². The Balaban J connectivity index is 0.00000147. The van der Waals surface area contributed by atoms with E-state index < -0.39 is 0 Å². The minimum Gasteiger partial charge on any atom is -0.338 e. The van der Waals surface area contributed by atoms with Crippen LogP contribution in [0.1, 0.15) is 35.4 Å². The molecule has 112 valence electrons. The lowest BCUT2D eigenvalue weighted by Crippen LogP contribution is -2.43. The van der Waals surface area contributed by atoms with E-state index in [2.05, 4.69) is 5.32 Å². The van der Waals surface area contributed by atoms with Gasteiger partial charge in [0, 0.05) is 19.1 Å². The van der Waals surface area contributed by atoms with Crippen LogP contribution < -0.4 is 5.32 Å². The number of nitrogens with zero attached hydrogens (tertiary/aromatic N) is 1. The Labute approximate surface area is 135 Å². The van der Waals surface area contributed by atoms with E-state index in [9.17, 15) is 4.79 Å². The lowest BCUT2D eigenvalue weighted by atomic mass is 9.88. The molecule has 2 saturated heterocycles. The SMILES string of the molecule is Cl.O=C(c1ccc(Cl)s1)N1CCC(C2CCCN2)CC1. The van der Waals surface area contributed by atoms with Gasteiger partial charge in [-0.2, -0.15) is 0 Å². The third-order valence-corrected chi connectivity index (χ3v) is 5.50. The normalized spacial score (nSPS) is 23.6. The van der Waals surface area contributed by atoms with Crippen LogP contribution in [0, 0.1) is 5.92 Å². The van der Waals surface area contributed by atoms with E-state index in [0.29, 0.717) is 10.4 Å². The molecule has 3 heterocycles. The highest BCUT2D eigenvalue weighted by Gasteiger charge is 2.30. The Hall–Kier alpha value is -0.290. The molecule has 0 radical (unpaired) electrons. The summed E-state index contributed by atoms with van der Waals surface area (Å²) in [5, 5.41) is 3.59. The van der Waals surface area contributed by atoms with Crippen LogP contribution in [0.3, 0.4) is 0 Å². The van der Waals surface area contributed by atoms with Gasteiger partial charge in [-0.25, -0.2) is 0 Å². The number of rotatable bonds is 2. The number of nitrogens with one attached hydrogen (secondary N) is 1. The molecule has 0 aromatic carbocycles. The molecule has 0 bridgehead atoms.